The predicted molar refractivity (Wildman–Crippen MR) is 90.1 cm³/mol. The Labute approximate surface area is 129 Å². The fourth-order valence-electron chi connectivity index (χ4n) is 2.13. The van der Waals surface area contributed by atoms with Crippen molar-refractivity contribution in [3.05, 3.63) is 24.4 Å². The van der Waals surface area contributed by atoms with Gasteiger partial charge in [-0.3, -0.25) is 0 Å². The molecule has 4 N–H and O–H groups in total. The number of nitrogen functional groups attached to an aromatic ring is 1. The number of nitrogens with two attached hydrogens (primary N) is 1. The molecule has 1 aromatic carbocycles. The first-order valence-electron chi connectivity index (χ1n) is 6.90. The molecule has 0 radical (unpaired) electrons. The Morgan fingerprint density at radius 1 is 1.43 bits per heavy atom. The van der Waals surface area contributed by atoms with Crippen molar-refractivity contribution in [1.82, 2.24) is 9.71 Å². The molecular formula is C14H21N3O2S2. The highest BCUT2D eigenvalue weighted by atomic mass is 32.2. The molecular weight excluding hydrogens is 306 g/mol. The molecule has 1 heterocycles. The van der Waals surface area contributed by atoms with Gasteiger partial charge in [-0.25, -0.2) is 13.1 Å². The Hall–Kier alpha value is -1.18. The van der Waals surface area contributed by atoms with Gasteiger partial charge in [0.2, 0.25) is 10.0 Å². The van der Waals surface area contributed by atoms with E-state index in [-0.39, 0.29) is 10.9 Å². The van der Waals surface area contributed by atoms with E-state index in [1.807, 2.05) is 6.92 Å². The topological polar surface area (TPSA) is 88.0 Å². The van der Waals surface area contributed by atoms with E-state index in [2.05, 4.69) is 16.6 Å². The lowest BCUT2D eigenvalue weighted by atomic mass is 10.2. The summed E-state index contributed by atoms with van der Waals surface area (Å²) in [7, 11) is -3.54. The molecule has 0 spiro atoms. The molecule has 1 atom stereocenters. The zero-order valence-corrected chi connectivity index (χ0v) is 13.9. The maximum absolute atomic E-state index is 12.5. The summed E-state index contributed by atoms with van der Waals surface area (Å²) in [5, 5.41) is 0.623. The van der Waals surface area contributed by atoms with Gasteiger partial charge in [0.1, 0.15) is 4.90 Å². The van der Waals surface area contributed by atoms with Crippen LogP contribution >= 0.6 is 11.8 Å². The number of thioether (sulfide) groups is 1. The minimum atomic E-state index is -3.54. The quantitative estimate of drug-likeness (QED) is 0.539. The van der Waals surface area contributed by atoms with E-state index < -0.39 is 10.0 Å². The first kappa shape index (κ1) is 16.2. The molecule has 0 saturated carbocycles. The van der Waals surface area contributed by atoms with Gasteiger partial charge in [-0.15, -0.1) is 0 Å². The fraction of sp³-hybridized carbons (Fsp3) is 0.429. The standard InChI is InChI=1S/C14H21N3O2S2/c1-3-20-7-6-10(2)17-21(18,19)14-9-16-13-5-4-11(15)8-12(13)14/h4-5,8-10,16-17H,3,6-7,15H2,1-2H3. The first-order valence-corrected chi connectivity index (χ1v) is 9.54. The summed E-state index contributed by atoms with van der Waals surface area (Å²) in [6, 6.07) is 5.11. The van der Waals surface area contributed by atoms with Crippen molar-refractivity contribution >= 4 is 38.4 Å². The van der Waals surface area contributed by atoms with Gasteiger partial charge in [0.25, 0.3) is 0 Å². The van der Waals surface area contributed by atoms with Crippen LogP contribution < -0.4 is 10.5 Å². The van der Waals surface area contributed by atoms with E-state index >= 15 is 0 Å². The highest BCUT2D eigenvalue weighted by molar-refractivity contribution is 7.99. The molecule has 1 unspecified atom stereocenters. The van der Waals surface area contributed by atoms with Crippen molar-refractivity contribution in [2.75, 3.05) is 17.2 Å². The van der Waals surface area contributed by atoms with Crippen LogP contribution in [0.1, 0.15) is 20.3 Å². The fourth-order valence-corrected chi connectivity index (χ4v) is 4.38. The number of aromatic nitrogens is 1. The Morgan fingerprint density at radius 3 is 2.90 bits per heavy atom. The average molecular weight is 327 g/mol. The van der Waals surface area contributed by atoms with Gasteiger partial charge in [0, 0.05) is 28.8 Å². The van der Waals surface area contributed by atoms with E-state index in [4.69, 9.17) is 5.73 Å². The molecule has 0 aliphatic rings. The predicted octanol–water partition coefficient (Wildman–Crippen LogP) is 2.56. The lowest BCUT2D eigenvalue weighted by Gasteiger charge is -2.13. The van der Waals surface area contributed by atoms with Crippen LogP contribution in [0.3, 0.4) is 0 Å². The number of anilines is 1. The second-order valence-corrected chi connectivity index (χ2v) is 8.04. The van der Waals surface area contributed by atoms with E-state index in [1.165, 1.54) is 6.20 Å². The zero-order chi connectivity index (χ0) is 15.5. The molecule has 7 heteroatoms. The first-order chi connectivity index (χ1) is 9.94. The van der Waals surface area contributed by atoms with Gasteiger partial charge in [0.15, 0.2) is 0 Å². The average Bonchev–Trinajstić information content (AvgIpc) is 2.82. The maximum Gasteiger partial charge on any atom is 0.242 e. The molecule has 2 aromatic rings. The number of fused-ring (bicyclic) bond motifs is 1. The minimum absolute atomic E-state index is 0.0972. The summed E-state index contributed by atoms with van der Waals surface area (Å²) in [4.78, 5) is 3.22. The van der Waals surface area contributed by atoms with Crippen LogP contribution in [0.25, 0.3) is 10.9 Å². The molecule has 21 heavy (non-hydrogen) atoms. The van der Waals surface area contributed by atoms with Gasteiger partial charge >= 0.3 is 0 Å². The van der Waals surface area contributed by atoms with Crippen LogP contribution in [0.4, 0.5) is 5.69 Å². The molecule has 0 aliphatic heterocycles. The van der Waals surface area contributed by atoms with Crippen LogP contribution in [-0.4, -0.2) is 30.9 Å². The number of hydrogen-bond acceptors (Lipinski definition) is 4. The van der Waals surface area contributed by atoms with E-state index in [0.29, 0.717) is 11.1 Å². The number of benzene rings is 1. The molecule has 5 nitrogen and oxygen atoms in total. The second-order valence-electron chi connectivity index (χ2n) is 4.97. The van der Waals surface area contributed by atoms with Crippen molar-refractivity contribution in [1.29, 1.82) is 0 Å². The molecule has 0 aliphatic carbocycles. The van der Waals surface area contributed by atoms with Gasteiger partial charge in [-0.2, -0.15) is 11.8 Å². The number of sulfonamides is 1. The van der Waals surface area contributed by atoms with Crippen LogP contribution in [0.15, 0.2) is 29.3 Å². The van der Waals surface area contributed by atoms with Crippen molar-refractivity contribution < 1.29 is 8.42 Å². The van der Waals surface area contributed by atoms with Gasteiger partial charge in [-0.05, 0) is 43.0 Å². The van der Waals surface area contributed by atoms with Crippen molar-refractivity contribution in [2.24, 2.45) is 0 Å². The van der Waals surface area contributed by atoms with Gasteiger partial charge in [-0.1, -0.05) is 6.92 Å². The molecule has 0 fully saturated rings. The Morgan fingerprint density at radius 2 is 2.19 bits per heavy atom. The summed E-state index contributed by atoms with van der Waals surface area (Å²) in [5.74, 6) is 1.99. The molecule has 116 valence electrons. The maximum atomic E-state index is 12.5. The third-order valence-electron chi connectivity index (χ3n) is 3.21. The largest absolute Gasteiger partial charge is 0.399 e. The summed E-state index contributed by atoms with van der Waals surface area (Å²) in [6.07, 6.45) is 2.32. The Bertz CT molecular complexity index is 710. The molecule has 0 saturated heterocycles. The number of hydrogen-bond donors (Lipinski definition) is 3. The van der Waals surface area contributed by atoms with Crippen molar-refractivity contribution in [3.63, 3.8) is 0 Å². The highest BCUT2D eigenvalue weighted by Crippen LogP contribution is 2.25. The third-order valence-corrected chi connectivity index (χ3v) is 5.78. The van der Waals surface area contributed by atoms with Gasteiger partial charge in [0.05, 0.1) is 0 Å². The highest BCUT2D eigenvalue weighted by Gasteiger charge is 2.21. The summed E-state index contributed by atoms with van der Waals surface area (Å²) >= 11 is 1.81. The summed E-state index contributed by atoms with van der Waals surface area (Å²) < 4.78 is 27.7. The van der Waals surface area contributed by atoms with Crippen LogP contribution in [0.2, 0.25) is 0 Å². The van der Waals surface area contributed by atoms with Crippen LogP contribution in [-0.2, 0) is 10.0 Å². The third kappa shape index (κ3) is 3.93. The summed E-state index contributed by atoms with van der Waals surface area (Å²) in [6.45, 7) is 3.98. The lowest BCUT2D eigenvalue weighted by molar-refractivity contribution is 0.558. The monoisotopic (exact) mass is 327 g/mol. The number of nitrogens with one attached hydrogen (secondary N) is 2. The molecule has 2 rings (SSSR count). The minimum Gasteiger partial charge on any atom is -0.399 e. The Kier molecular flexibility index (Phi) is 5.18. The van der Waals surface area contributed by atoms with Crippen molar-refractivity contribution in [3.8, 4) is 0 Å². The molecule has 1 aromatic heterocycles. The SMILES string of the molecule is CCSCCC(C)NS(=O)(=O)c1c[nH]c2ccc(N)cc12. The number of H-pyrrole nitrogens is 1. The van der Waals surface area contributed by atoms with Crippen molar-refractivity contribution in [2.45, 2.75) is 31.2 Å². The zero-order valence-electron chi connectivity index (χ0n) is 12.2. The molecule has 0 amide bonds. The van der Waals surface area contributed by atoms with E-state index in [0.717, 1.165) is 23.4 Å². The van der Waals surface area contributed by atoms with Gasteiger partial charge < -0.3 is 10.7 Å². The van der Waals surface area contributed by atoms with E-state index in [1.54, 1.807) is 30.0 Å². The molecule has 0 bridgehead atoms. The smallest absolute Gasteiger partial charge is 0.242 e. The normalized spacial score (nSPS) is 13.6. The summed E-state index contributed by atoms with van der Waals surface area (Å²) in [5.41, 5.74) is 7.06. The van der Waals surface area contributed by atoms with E-state index in [9.17, 15) is 8.42 Å². The van der Waals surface area contributed by atoms with Crippen LogP contribution in [0.5, 0.6) is 0 Å². The lowest BCUT2D eigenvalue weighted by Crippen LogP contribution is -2.32. The Balaban J connectivity index is 2.19. The number of aromatic amines is 1. The number of rotatable bonds is 7. The second kappa shape index (κ2) is 6.72. The van der Waals surface area contributed by atoms with Crippen LogP contribution in [0, 0.1) is 0 Å².